The van der Waals surface area contributed by atoms with Crippen LogP contribution in [0.5, 0.6) is 0 Å². The third kappa shape index (κ3) is 1.06. The Labute approximate surface area is 77.1 Å². The van der Waals surface area contributed by atoms with Crippen molar-refractivity contribution in [1.29, 1.82) is 0 Å². The zero-order valence-corrected chi connectivity index (χ0v) is 7.92. The number of aromatic nitrogens is 3. The average Bonchev–Trinajstić information content (AvgIpc) is 2.64. The van der Waals surface area contributed by atoms with Gasteiger partial charge in [-0.2, -0.15) is 5.10 Å². The van der Waals surface area contributed by atoms with Crippen molar-refractivity contribution in [3.8, 4) is 11.5 Å². The minimum atomic E-state index is 0.659. The lowest BCUT2D eigenvalue weighted by molar-refractivity contribution is 0.569. The minimum absolute atomic E-state index is 0.659. The molecule has 0 saturated heterocycles. The number of hydrogen-bond acceptors (Lipinski definition) is 3. The predicted octanol–water partition coefficient (Wildman–Crippen LogP) is 2.14. The van der Waals surface area contributed by atoms with Gasteiger partial charge in [0.2, 0.25) is 0 Å². The van der Waals surface area contributed by atoms with E-state index < -0.39 is 0 Å². The van der Waals surface area contributed by atoms with Gasteiger partial charge in [-0.1, -0.05) is 0 Å². The molecule has 5 heteroatoms. The first-order chi connectivity index (χ1) is 5.79. The van der Waals surface area contributed by atoms with Crippen molar-refractivity contribution in [3.63, 3.8) is 0 Å². The Kier molecular flexibility index (Phi) is 1.73. The second-order valence-electron chi connectivity index (χ2n) is 2.38. The number of aromatic amines is 1. The van der Waals surface area contributed by atoms with Crippen LogP contribution in [0.1, 0.15) is 5.69 Å². The van der Waals surface area contributed by atoms with E-state index in [1.807, 2.05) is 6.92 Å². The molecule has 0 saturated carbocycles. The first kappa shape index (κ1) is 7.54. The number of hydrogen-bond donors (Lipinski definition) is 1. The molecule has 0 aromatic carbocycles. The summed E-state index contributed by atoms with van der Waals surface area (Å²) < 4.78 is 6.01. The number of aryl methyl sites for hydroxylation is 1. The van der Waals surface area contributed by atoms with Gasteiger partial charge in [-0.05, 0) is 22.9 Å². The molecule has 0 atom stereocenters. The zero-order chi connectivity index (χ0) is 8.55. The Morgan fingerprint density at radius 1 is 1.58 bits per heavy atom. The van der Waals surface area contributed by atoms with E-state index in [4.69, 9.17) is 4.42 Å². The van der Waals surface area contributed by atoms with Crippen LogP contribution >= 0.6 is 15.9 Å². The molecule has 0 aliphatic carbocycles. The Morgan fingerprint density at radius 2 is 2.42 bits per heavy atom. The van der Waals surface area contributed by atoms with Crippen molar-refractivity contribution in [2.75, 3.05) is 0 Å². The summed E-state index contributed by atoms with van der Waals surface area (Å²) in [4.78, 5) is 3.81. The summed E-state index contributed by atoms with van der Waals surface area (Å²) in [5.41, 5.74) is 1.73. The fraction of sp³-hybridized carbons (Fsp3) is 0.143. The summed E-state index contributed by atoms with van der Waals surface area (Å²) in [5, 5.41) is 6.89. The van der Waals surface area contributed by atoms with Crippen molar-refractivity contribution < 1.29 is 4.42 Å². The molecule has 0 bridgehead atoms. The van der Waals surface area contributed by atoms with Crippen LogP contribution in [0, 0.1) is 6.92 Å². The van der Waals surface area contributed by atoms with E-state index in [0.717, 1.165) is 15.9 Å². The van der Waals surface area contributed by atoms with Crippen molar-refractivity contribution in [2.24, 2.45) is 0 Å². The van der Waals surface area contributed by atoms with Gasteiger partial charge in [0.15, 0.2) is 12.2 Å². The lowest BCUT2D eigenvalue weighted by atomic mass is 10.3. The predicted molar refractivity (Wildman–Crippen MR) is 46.5 cm³/mol. The lowest BCUT2D eigenvalue weighted by Gasteiger charge is -1.88. The number of halogens is 1. The Hall–Kier alpha value is -1.10. The first-order valence-corrected chi connectivity index (χ1v) is 4.17. The third-order valence-corrected chi connectivity index (χ3v) is 2.51. The SMILES string of the molecule is Cc1[nH]nc(-c2cnco2)c1Br. The standard InChI is InChI=1S/C7H6BrN3O/c1-4-6(8)7(11-10-4)5-2-9-3-12-5/h2-3H,1H3,(H,10,11). The molecular weight excluding hydrogens is 222 g/mol. The highest BCUT2D eigenvalue weighted by atomic mass is 79.9. The average molecular weight is 228 g/mol. The smallest absolute Gasteiger partial charge is 0.181 e. The van der Waals surface area contributed by atoms with E-state index in [0.29, 0.717) is 5.76 Å². The van der Waals surface area contributed by atoms with Gasteiger partial charge in [0.1, 0.15) is 5.69 Å². The van der Waals surface area contributed by atoms with Gasteiger partial charge in [-0.25, -0.2) is 4.98 Å². The molecule has 0 radical (unpaired) electrons. The third-order valence-electron chi connectivity index (χ3n) is 1.54. The van der Waals surface area contributed by atoms with Crippen LogP contribution in [0.4, 0.5) is 0 Å². The summed E-state index contributed by atoms with van der Waals surface area (Å²) in [5.74, 6) is 0.659. The first-order valence-electron chi connectivity index (χ1n) is 3.38. The Morgan fingerprint density at radius 3 is 2.92 bits per heavy atom. The van der Waals surface area contributed by atoms with Gasteiger partial charge >= 0.3 is 0 Å². The van der Waals surface area contributed by atoms with Crippen molar-refractivity contribution in [1.82, 2.24) is 15.2 Å². The summed E-state index contributed by atoms with van der Waals surface area (Å²) in [6, 6.07) is 0. The van der Waals surface area contributed by atoms with Crippen LogP contribution in [0.15, 0.2) is 21.5 Å². The normalized spacial score (nSPS) is 10.5. The molecule has 0 fully saturated rings. The van der Waals surface area contributed by atoms with Gasteiger partial charge < -0.3 is 4.42 Å². The Bertz CT molecular complexity index is 379. The van der Waals surface area contributed by atoms with E-state index in [1.54, 1.807) is 6.20 Å². The summed E-state index contributed by atoms with van der Waals surface area (Å²) in [7, 11) is 0. The molecule has 0 amide bonds. The maximum atomic E-state index is 5.09. The van der Waals surface area contributed by atoms with Crippen LogP contribution in [0.2, 0.25) is 0 Å². The number of rotatable bonds is 1. The molecule has 2 aromatic rings. The van der Waals surface area contributed by atoms with Crippen LogP contribution in [0.25, 0.3) is 11.5 Å². The van der Waals surface area contributed by atoms with Crippen LogP contribution in [-0.4, -0.2) is 15.2 Å². The largest absolute Gasteiger partial charge is 0.442 e. The van der Waals surface area contributed by atoms with Crippen molar-refractivity contribution in [2.45, 2.75) is 6.92 Å². The molecule has 1 N–H and O–H groups in total. The van der Waals surface area contributed by atoms with E-state index >= 15 is 0 Å². The molecule has 12 heavy (non-hydrogen) atoms. The lowest BCUT2D eigenvalue weighted by Crippen LogP contribution is -1.73. The molecule has 2 aromatic heterocycles. The molecular formula is C7H6BrN3O. The van der Waals surface area contributed by atoms with Gasteiger partial charge in [-0.3, -0.25) is 5.10 Å². The van der Waals surface area contributed by atoms with E-state index in [9.17, 15) is 0 Å². The molecule has 4 nitrogen and oxygen atoms in total. The van der Waals surface area contributed by atoms with Crippen LogP contribution in [-0.2, 0) is 0 Å². The highest BCUT2D eigenvalue weighted by Gasteiger charge is 2.11. The monoisotopic (exact) mass is 227 g/mol. The quantitative estimate of drug-likeness (QED) is 0.813. The van der Waals surface area contributed by atoms with E-state index in [-0.39, 0.29) is 0 Å². The van der Waals surface area contributed by atoms with E-state index in [1.165, 1.54) is 6.39 Å². The van der Waals surface area contributed by atoms with Gasteiger partial charge in [0.05, 0.1) is 10.7 Å². The molecule has 2 heterocycles. The second-order valence-corrected chi connectivity index (χ2v) is 3.17. The fourth-order valence-electron chi connectivity index (χ4n) is 0.912. The topological polar surface area (TPSA) is 54.7 Å². The Balaban J connectivity index is 2.55. The molecule has 2 rings (SSSR count). The molecule has 0 aliphatic heterocycles. The fourth-order valence-corrected chi connectivity index (χ4v) is 1.28. The van der Waals surface area contributed by atoms with Crippen molar-refractivity contribution in [3.05, 3.63) is 22.8 Å². The maximum absolute atomic E-state index is 5.09. The highest BCUT2D eigenvalue weighted by Crippen LogP contribution is 2.27. The van der Waals surface area contributed by atoms with Gasteiger partial charge in [0, 0.05) is 5.69 Å². The minimum Gasteiger partial charge on any atom is -0.442 e. The molecule has 62 valence electrons. The molecule has 0 unspecified atom stereocenters. The summed E-state index contributed by atoms with van der Waals surface area (Å²) in [6.07, 6.45) is 3.01. The maximum Gasteiger partial charge on any atom is 0.181 e. The van der Waals surface area contributed by atoms with E-state index in [2.05, 4.69) is 31.1 Å². The summed E-state index contributed by atoms with van der Waals surface area (Å²) >= 11 is 3.39. The summed E-state index contributed by atoms with van der Waals surface area (Å²) in [6.45, 7) is 1.93. The molecule has 0 aliphatic rings. The van der Waals surface area contributed by atoms with Crippen molar-refractivity contribution >= 4 is 15.9 Å². The number of H-pyrrole nitrogens is 1. The second kappa shape index (κ2) is 2.75. The zero-order valence-electron chi connectivity index (χ0n) is 6.34. The van der Waals surface area contributed by atoms with Gasteiger partial charge in [-0.15, -0.1) is 0 Å². The molecule has 0 spiro atoms. The number of nitrogens with one attached hydrogen (secondary N) is 1. The number of oxazole rings is 1. The van der Waals surface area contributed by atoms with Gasteiger partial charge in [0.25, 0.3) is 0 Å². The highest BCUT2D eigenvalue weighted by molar-refractivity contribution is 9.10. The number of nitrogens with zero attached hydrogens (tertiary/aromatic N) is 2. The van der Waals surface area contributed by atoms with Crippen LogP contribution in [0.3, 0.4) is 0 Å². The van der Waals surface area contributed by atoms with Crippen LogP contribution < -0.4 is 0 Å².